The summed E-state index contributed by atoms with van der Waals surface area (Å²) in [4.78, 5) is 27.4. The topological polar surface area (TPSA) is 91.0 Å². The standard InChI is InChI=1S/C26H29F2N5O2/c1-3-16(2)21-10-9-18(11-22(21)28)25(17-7-5-4-6-8-17)30-26(35)23-12-19(27)15-33(23)24(34)13-20-14-29-32-31-20/h4-11,14,16,19,23,25H,3,12-13,15H2,1-2H3,(H,30,35)(H,29,31,32)/t16-,19-,23+,25-/m1/s1. The lowest BCUT2D eigenvalue weighted by Crippen LogP contribution is -2.47. The molecule has 2 amide bonds. The van der Waals surface area contributed by atoms with Crippen LogP contribution in [-0.4, -0.2) is 50.9 Å². The molecule has 9 heteroatoms. The number of carbonyl (C=O) groups is 2. The zero-order chi connectivity index (χ0) is 24.9. The molecule has 4 rings (SSSR count). The molecular formula is C26H29F2N5O2. The molecule has 1 aliphatic heterocycles. The number of carbonyl (C=O) groups excluding carboxylic acids is 2. The lowest BCUT2D eigenvalue weighted by atomic mass is 9.93. The van der Waals surface area contributed by atoms with E-state index < -0.39 is 30.1 Å². The molecule has 2 N–H and O–H groups in total. The van der Waals surface area contributed by atoms with Crippen LogP contribution in [0, 0.1) is 5.82 Å². The number of aromatic nitrogens is 3. The normalized spacial score (nSPS) is 19.4. The molecule has 3 aromatic rings. The maximum Gasteiger partial charge on any atom is 0.243 e. The molecule has 184 valence electrons. The van der Waals surface area contributed by atoms with Crippen LogP contribution in [0.3, 0.4) is 0 Å². The van der Waals surface area contributed by atoms with Gasteiger partial charge in [-0.05, 0) is 35.1 Å². The van der Waals surface area contributed by atoms with Crippen molar-refractivity contribution in [3.8, 4) is 0 Å². The van der Waals surface area contributed by atoms with Gasteiger partial charge in [0.05, 0.1) is 30.9 Å². The van der Waals surface area contributed by atoms with Crippen LogP contribution in [0.15, 0.2) is 54.7 Å². The Morgan fingerprint density at radius 2 is 1.97 bits per heavy atom. The first-order chi connectivity index (χ1) is 16.9. The van der Waals surface area contributed by atoms with Gasteiger partial charge in [0.2, 0.25) is 11.8 Å². The van der Waals surface area contributed by atoms with E-state index in [4.69, 9.17) is 0 Å². The maximum absolute atomic E-state index is 15.0. The fourth-order valence-corrected chi connectivity index (χ4v) is 4.46. The number of aromatic amines is 1. The summed E-state index contributed by atoms with van der Waals surface area (Å²) in [7, 11) is 0. The Morgan fingerprint density at radius 1 is 1.20 bits per heavy atom. The van der Waals surface area contributed by atoms with Gasteiger partial charge in [0.15, 0.2) is 0 Å². The third-order valence-electron chi connectivity index (χ3n) is 6.59. The van der Waals surface area contributed by atoms with Gasteiger partial charge in [-0.15, -0.1) is 0 Å². The molecule has 7 nitrogen and oxygen atoms in total. The van der Waals surface area contributed by atoms with Gasteiger partial charge in [0, 0.05) is 6.42 Å². The van der Waals surface area contributed by atoms with Crippen molar-refractivity contribution in [1.82, 2.24) is 25.6 Å². The highest BCUT2D eigenvalue weighted by Crippen LogP contribution is 2.29. The van der Waals surface area contributed by atoms with Gasteiger partial charge in [-0.2, -0.15) is 15.4 Å². The van der Waals surface area contributed by atoms with E-state index in [2.05, 4.69) is 20.7 Å². The van der Waals surface area contributed by atoms with Gasteiger partial charge >= 0.3 is 0 Å². The summed E-state index contributed by atoms with van der Waals surface area (Å²) < 4.78 is 29.3. The Hall–Kier alpha value is -3.62. The highest BCUT2D eigenvalue weighted by atomic mass is 19.1. The van der Waals surface area contributed by atoms with Crippen LogP contribution in [0.1, 0.15) is 61.0 Å². The zero-order valence-electron chi connectivity index (χ0n) is 19.7. The number of H-pyrrole nitrogens is 1. The van der Waals surface area contributed by atoms with Crippen molar-refractivity contribution in [2.75, 3.05) is 6.54 Å². The quantitative estimate of drug-likeness (QED) is 0.512. The number of benzene rings is 2. The van der Waals surface area contributed by atoms with Gasteiger partial charge in [-0.1, -0.05) is 56.3 Å². The molecule has 0 unspecified atom stereocenters. The first kappa shape index (κ1) is 24.5. The van der Waals surface area contributed by atoms with Gasteiger partial charge < -0.3 is 10.2 Å². The summed E-state index contributed by atoms with van der Waals surface area (Å²) in [5.41, 5.74) is 2.36. The fraction of sp³-hybridized carbons (Fsp3) is 0.385. The average Bonchev–Trinajstić information content (AvgIpc) is 3.52. The van der Waals surface area contributed by atoms with Crippen molar-refractivity contribution in [3.63, 3.8) is 0 Å². The van der Waals surface area contributed by atoms with E-state index in [0.717, 1.165) is 12.0 Å². The predicted molar refractivity (Wildman–Crippen MR) is 127 cm³/mol. The lowest BCUT2D eigenvalue weighted by Gasteiger charge is -2.27. The number of alkyl halides is 1. The van der Waals surface area contributed by atoms with Crippen LogP contribution < -0.4 is 5.32 Å². The zero-order valence-corrected chi connectivity index (χ0v) is 19.7. The van der Waals surface area contributed by atoms with E-state index in [-0.39, 0.29) is 31.1 Å². The smallest absolute Gasteiger partial charge is 0.243 e. The van der Waals surface area contributed by atoms with Crippen molar-refractivity contribution in [3.05, 3.63) is 82.9 Å². The number of amides is 2. The number of hydrogen-bond acceptors (Lipinski definition) is 4. The first-order valence-corrected chi connectivity index (χ1v) is 11.8. The number of hydrogen-bond donors (Lipinski definition) is 2. The molecule has 0 spiro atoms. The molecular weight excluding hydrogens is 452 g/mol. The van der Waals surface area contributed by atoms with E-state index in [0.29, 0.717) is 16.8 Å². The predicted octanol–water partition coefficient (Wildman–Crippen LogP) is 3.84. The Labute approximate surface area is 202 Å². The first-order valence-electron chi connectivity index (χ1n) is 11.8. The van der Waals surface area contributed by atoms with Crippen molar-refractivity contribution in [1.29, 1.82) is 0 Å². The summed E-state index contributed by atoms with van der Waals surface area (Å²) in [6, 6.07) is 12.6. The van der Waals surface area contributed by atoms with Gasteiger partial charge in [-0.3, -0.25) is 9.59 Å². The van der Waals surface area contributed by atoms with Crippen LogP contribution in [-0.2, 0) is 16.0 Å². The lowest BCUT2D eigenvalue weighted by molar-refractivity contribution is -0.138. The molecule has 4 atom stereocenters. The summed E-state index contributed by atoms with van der Waals surface area (Å²) in [6.45, 7) is 3.80. The van der Waals surface area contributed by atoms with Crippen LogP contribution >= 0.6 is 0 Å². The van der Waals surface area contributed by atoms with Crippen molar-refractivity contribution in [2.45, 2.75) is 57.3 Å². The van der Waals surface area contributed by atoms with Crippen LogP contribution in [0.5, 0.6) is 0 Å². The van der Waals surface area contributed by atoms with Crippen LogP contribution in [0.2, 0.25) is 0 Å². The Bertz CT molecular complexity index is 1160. The molecule has 0 radical (unpaired) electrons. The highest BCUT2D eigenvalue weighted by Gasteiger charge is 2.40. The number of halogens is 2. The van der Waals surface area contributed by atoms with Crippen LogP contribution in [0.25, 0.3) is 0 Å². The fourth-order valence-electron chi connectivity index (χ4n) is 4.46. The maximum atomic E-state index is 15.0. The van der Waals surface area contributed by atoms with E-state index in [1.165, 1.54) is 17.2 Å². The largest absolute Gasteiger partial charge is 0.343 e. The Kier molecular flexibility index (Phi) is 7.53. The minimum atomic E-state index is -1.31. The minimum Gasteiger partial charge on any atom is -0.343 e. The van der Waals surface area contributed by atoms with E-state index in [9.17, 15) is 18.4 Å². The SMILES string of the molecule is CC[C@@H](C)c1ccc([C@H](NC(=O)[C@@H]2C[C@@H](F)CN2C(=O)Cc2cn[nH]n2)c2ccccc2)cc1F. The number of likely N-dealkylation sites (tertiary alicyclic amines) is 1. The van der Waals surface area contributed by atoms with E-state index in [1.807, 2.05) is 50.2 Å². The molecule has 0 bridgehead atoms. The highest BCUT2D eigenvalue weighted by molar-refractivity contribution is 5.89. The third-order valence-corrected chi connectivity index (χ3v) is 6.59. The second-order valence-electron chi connectivity index (χ2n) is 8.98. The summed E-state index contributed by atoms with van der Waals surface area (Å²) >= 11 is 0. The molecule has 35 heavy (non-hydrogen) atoms. The molecule has 2 heterocycles. The van der Waals surface area contributed by atoms with E-state index >= 15 is 0 Å². The molecule has 1 saturated heterocycles. The van der Waals surface area contributed by atoms with Gasteiger partial charge in [0.25, 0.3) is 0 Å². The van der Waals surface area contributed by atoms with Crippen LogP contribution in [0.4, 0.5) is 8.78 Å². The third kappa shape index (κ3) is 5.55. The molecule has 1 aromatic heterocycles. The van der Waals surface area contributed by atoms with Crippen molar-refractivity contribution in [2.24, 2.45) is 0 Å². The summed E-state index contributed by atoms with van der Waals surface area (Å²) in [5, 5.41) is 12.9. The van der Waals surface area contributed by atoms with E-state index in [1.54, 1.807) is 6.07 Å². The van der Waals surface area contributed by atoms with Crippen molar-refractivity contribution >= 4 is 11.8 Å². The second-order valence-corrected chi connectivity index (χ2v) is 8.98. The Balaban J connectivity index is 1.59. The molecule has 0 saturated carbocycles. The number of nitrogens with one attached hydrogen (secondary N) is 2. The Morgan fingerprint density at radius 3 is 2.63 bits per heavy atom. The molecule has 1 fully saturated rings. The molecule has 1 aliphatic rings. The number of rotatable bonds is 8. The monoisotopic (exact) mass is 481 g/mol. The minimum absolute atomic E-state index is 0.0677. The average molecular weight is 482 g/mol. The van der Waals surface area contributed by atoms with Gasteiger partial charge in [-0.25, -0.2) is 8.78 Å². The van der Waals surface area contributed by atoms with Gasteiger partial charge in [0.1, 0.15) is 18.0 Å². The summed E-state index contributed by atoms with van der Waals surface area (Å²) in [5.74, 6) is -1.16. The van der Waals surface area contributed by atoms with Crippen molar-refractivity contribution < 1.29 is 18.4 Å². The summed E-state index contributed by atoms with van der Waals surface area (Å²) in [6.07, 6.45) is 0.726. The molecule has 2 aromatic carbocycles. The second kappa shape index (κ2) is 10.8. The number of nitrogens with zero attached hydrogens (tertiary/aromatic N) is 3. The molecule has 0 aliphatic carbocycles.